The van der Waals surface area contributed by atoms with Crippen LogP contribution in [0.4, 0.5) is 5.82 Å². The Morgan fingerprint density at radius 1 is 1.14 bits per heavy atom. The zero-order valence-corrected chi connectivity index (χ0v) is 12.1. The van der Waals surface area contributed by atoms with E-state index < -0.39 is 0 Å². The standard InChI is InChI=1S/C15H16N4O2/c1-9(2)15-18-13(17)7-14(19-15)21-12-5-10(8-16)4-11(6-12)20-3/h4-7,9H,1-3H3,(H2,17,18,19). The van der Waals surface area contributed by atoms with Crippen LogP contribution in [0, 0.1) is 11.3 Å². The molecular formula is C15H16N4O2. The second-order valence-electron chi connectivity index (χ2n) is 4.76. The lowest BCUT2D eigenvalue weighted by molar-refractivity contribution is 0.406. The molecular weight excluding hydrogens is 268 g/mol. The summed E-state index contributed by atoms with van der Waals surface area (Å²) in [5, 5.41) is 9.00. The predicted molar refractivity (Wildman–Crippen MR) is 78.3 cm³/mol. The number of methoxy groups -OCH3 is 1. The third-order valence-corrected chi connectivity index (χ3v) is 2.72. The molecule has 0 radical (unpaired) electrons. The van der Waals surface area contributed by atoms with Gasteiger partial charge >= 0.3 is 0 Å². The first-order chi connectivity index (χ1) is 10.0. The number of nitrogens with two attached hydrogens (primary N) is 1. The molecule has 1 aromatic carbocycles. The fraction of sp³-hybridized carbons (Fsp3) is 0.267. The summed E-state index contributed by atoms with van der Waals surface area (Å²) in [4.78, 5) is 8.45. The summed E-state index contributed by atoms with van der Waals surface area (Å²) < 4.78 is 10.8. The fourth-order valence-electron chi connectivity index (χ4n) is 1.71. The van der Waals surface area contributed by atoms with Gasteiger partial charge in [0.05, 0.1) is 18.7 Å². The zero-order valence-electron chi connectivity index (χ0n) is 12.1. The lowest BCUT2D eigenvalue weighted by atomic mass is 10.2. The van der Waals surface area contributed by atoms with E-state index in [0.29, 0.717) is 34.6 Å². The summed E-state index contributed by atoms with van der Waals surface area (Å²) in [6.07, 6.45) is 0. The molecule has 0 amide bonds. The molecule has 6 nitrogen and oxygen atoms in total. The van der Waals surface area contributed by atoms with Gasteiger partial charge in [-0.3, -0.25) is 0 Å². The molecule has 0 unspecified atom stereocenters. The molecule has 0 saturated heterocycles. The number of hydrogen-bond acceptors (Lipinski definition) is 6. The van der Waals surface area contributed by atoms with Gasteiger partial charge in [0, 0.05) is 18.1 Å². The molecule has 0 atom stereocenters. The largest absolute Gasteiger partial charge is 0.497 e. The van der Waals surface area contributed by atoms with Crippen LogP contribution in [0.3, 0.4) is 0 Å². The SMILES string of the molecule is COc1cc(C#N)cc(Oc2cc(N)nc(C(C)C)n2)c1. The highest BCUT2D eigenvalue weighted by Crippen LogP contribution is 2.27. The van der Waals surface area contributed by atoms with Gasteiger partial charge in [0.15, 0.2) is 0 Å². The molecule has 2 aromatic rings. The smallest absolute Gasteiger partial charge is 0.224 e. The van der Waals surface area contributed by atoms with Crippen molar-refractivity contribution in [2.24, 2.45) is 0 Å². The summed E-state index contributed by atoms with van der Waals surface area (Å²) >= 11 is 0. The first-order valence-corrected chi connectivity index (χ1v) is 6.43. The highest BCUT2D eigenvalue weighted by Gasteiger charge is 2.09. The van der Waals surface area contributed by atoms with Gasteiger partial charge in [-0.2, -0.15) is 10.2 Å². The average molecular weight is 284 g/mol. The van der Waals surface area contributed by atoms with E-state index in [-0.39, 0.29) is 5.92 Å². The van der Waals surface area contributed by atoms with Crippen LogP contribution in [0.1, 0.15) is 31.2 Å². The summed E-state index contributed by atoms with van der Waals surface area (Å²) in [6.45, 7) is 3.94. The Bertz CT molecular complexity index is 693. The highest BCUT2D eigenvalue weighted by atomic mass is 16.5. The number of aromatic nitrogens is 2. The van der Waals surface area contributed by atoms with Gasteiger partial charge in [-0.05, 0) is 12.1 Å². The van der Waals surface area contributed by atoms with Crippen molar-refractivity contribution in [1.29, 1.82) is 5.26 Å². The Morgan fingerprint density at radius 2 is 1.86 bits per heavy atom. The normalized spacial score (nSPS) is 10.2. The summed E-state index contributed by atoms with van der Waals surface area (Å²) in [5.41, 5.74) is 6.20. The van der Waals surface area contributed by atoms with E-state index in [2.05, 4.69) is 16.0 Å². The minimum atomic E-state index is 0.135. The number of nitrogen functional groups attached to an aromatic ring is 1. The van der Waals surface area contributed by atoms with Crippen molar-refractivity contribution < 1.29 is 9.47 Å². The van der Waals surface area contributed by atoms with E-state index >= 15 is 0 Å². The third-order valence-electron chi connectivity index (χ3n) is 2.72. The van der Waals surface area contributed by atoms with Crippen molar-refractivity contribution in [3.63, 3.8) is 0 Å². The van der Waals surface area contributed by atoms with Crippen LogP contribution in [-0.4, -0.2) is 17.1 Å². The molecule has 0 aliphatic carbocycles. The summed E-state index contributed by atoms with van der Waals surface area (Å²) in [6, 6.07) is 8.50. The third kappa shape index (κ3) is 3.60. The number of hydrogen-bond donors (Lipinski definition) is 1. The summed E-state index contributed by atoms with van der Waals surface area (Å²) in [7, 11) is 1.53. The average Bonchev–Trinajstić information content (AvgIpc) is 2.46. The molecule has 2 N–H and O–H groups in total. The molecule has 0 aliphatic heterocycles. The Hall–Kier alpha value is -2.81. The van der Waals surface area contributed by atoms with Gasteiger partial charge in [0.1, 0.15) is 23.1 Å². The number of anilines is 1. The van der Waals surface area contributed by atoms with Gasteiger partial charge in [0.2, 0.25) is 5.88 Å². The molecule has 0 bridgehead atoms. The monoisotopic (exact) mass is 284 g/mol. The van der Waals surface area contributed by atoms with E-state index in [1.807, 2.05) is 13.8 Å². The van der Waals surface area contributed by atoms with Crippen molar-refractivity contribution >= 4 is 5.82 Å². The molecule has 0 fully saturated rings. The quantitative estimate of drug-likeness (QED) is 0.927. The molecule has 0 saturated carbocycles. The summed E-state index contributed by atoms with van der Waals surface area (Å²) in [5.74, 6) is 2.41. The first kappa shape index (κ1) is 14.6. The van der Waals surface area contributed by atoms with Crippen LogP contribution >= 0.6 is 0 Å². The van der Waals surface area contributed by atoms with E-state index in [9.17, 15) is 0 Å². The van der Waals surface area contributed by atoms with Crippen LogP contribution in [0.15, 0.2) is 24.3 Å². The Kier molecular flexibility index (Phi) is 4.24. The second-order valence-corrected chi connectivity index (χ2v) is 4.76. The minimum Gasteiger partial charge on any atom is -0.497 e. The van der Waals surface area contributed by atoms with Crippen LogP contribution in [0.5, 0.6) is 17.4 Å². The Labute approximate surface area is 123 Å². The van der Waals surface area contributed by atoms with E-state index in [0.717, 1.165) is 0 Å². The first-order valence-electron chi connectivity index (χ1n) is 6.43. The van der Waals surface area contributed by atoms with Crippen molar-refractivity contribution in [1.82, 2.24) is 9.97 Å². The molecule has 21 heavy (non-hydrogen) atoms. The molecule has 6 heteroatoms. The maximum absolute atomic E-state index is 9.00. The van der Waals surface area contributed by atoms with Gasteiger partial charge in [-0.15, -0.1) is 0 Å². The van der Waals surface area contributed by atoms with Crippen molar-refractivity contribution in [3.8, 4) is 23.4 Å². The van der Waals surface area contributed by atoms with Crippen molar-refractivity contribution in [3.05, 3.63) is 35.7 Å². The molecule has 0 spiro atoms. The topological polar surface area (TPSA) is 94.0 Å². The number of nitriles is 1. The van der Waals surface area contributed by atoms with Gasteiger partial charge < -0.3 is 15.2 Å². The molecule has 2 rings (SSSR count). The molecule has 0 aliphatic rings. The Balaban J connectivity index is 2.36. The van der Waals surface area contributed by atoms with Crippen molar-refractivity contribution in [2.45, 2.75) is 19.8 Å². The van der Waals surface area contributed by atoms with Crippen LogP contribution < -0.4 is 15.2 Å². The lowest BCUT2D eigenvalue weighted by Gasteiger charge is -2.10. The fourth-order valence-corrected chi connectivity index (χ4v) is 1.71. The van der Waals surface area contributed by atoms with E-state index in [1.165, 1.54) is 13.2 Å². The number of rotatable bonds is 4. The van der Waals surface area contributed by atoms with Gasteiger partial charge in [-0.1, -0.05) is 13.8 Å². The maximum atomic E-state index is 9.00. The van der Waals surface area contributed by atoms with Crippen molar-refractivity contribution in [2.75, 3.05) is 12.8 Å². The molecule has 1 heterocycles. The predicted octanol–water partition coefficient (Wildman–Crippen LogP) is 2.85. The lowest BCUT2D eigenvalue weighted by Crippen LogP contribution is -2.03. The van der Waals surface area contributed by atoms with Gasteiger partial charge in [-0.25, -0.2) is 4.98 Å². The van der Waals surface area contributed by atoms with Crippen LogP contribution in [0.2, 0.25) is 0 Å². The molecule has 1 aromatic heterocycles. The van der Waals surface area contributed by atoms with Gasteiger partial charge in [0.25, 0.3) is 0 Å². The number of benzene rings is 1. The van der Waals surface area contributed by atoms with Crippen LogP contribution in [0.25, 0.3) is 0 Å². The van der Waals surface area contributed by atoms with E-state index in [4.69, 9.17) is 20.5 Å². The maximum Gasteiger partial charge on any atom is 0.224 e. The van der Waals surface area contributed by atoms with E-state index in [1.54, 1.807) is 18.2 Å². The number of ether oxygens (including phenoxy) is 2. The minimum absolute atomic E-state index is 0.135. The second kappa shape index (κ2) is 6.09. The highest BCUT2D eigenvalue weighted by molar-refractivity contribution is 5.45. The zero-order chi connectivity index (χ0) is 15.4. The van der Waals surface area contributed by atoms with Crippen LogP contribution in [-0.2, 0) is 0 Å². The molecule has 108 valence electrons. The Morgan fingerprint density at radius 3 is 2.48 bits per heavy atom. The number of nitrogens with zero attached hydrogens (tertiary/aromatic N) is 3.